The molecule has 96 valence electrons. The Morgan fingerprint density at radius 1 is 0.941 bits per heavy atom. The summed E-state index contributed by atoms with van der Waals surface area (Å²) in [6, 6.07) is 0. The molecule has 0 bridgehead atoms. The lowest BCUT2D eigenvalue weighted by Gasteiger charge is -2.07. The maximum atomic E-state index is 13.0. The summed E-state index contributed by atoms with van der Waals surface area (Å²) in [5, 5.41) is 0. The molecule has 0 radical (unpaired) electrons. The van der Waals surface area contributed by atoms with Gasteiger partial charge in [-0.15, -0.1) is 0 Å². The van der Waals surface area contributed by atoms with Crippen molar-refractivity contribution in [3.8, 4) is 0 Å². The van der Waals surface area contributed by atoms with Crippen LogP contribution in [0.1, 0.15) is 5.56 Å². The van der Waals surface area contributed by atoms with Crippen molar-refractivity contribution in [3.05, 3.63) is 34.6 Å². The second kappa shape index (κ2) is 5.52. The van der Waals surface area contributed by atoms with Gasteiger partial charge >= 0.3 is 11.4 Å². The SMILES string of the molecule is COS(=O)OCc1c(F)c(F)c(F)c(F)c1F. The molecule has 1 aromatic rings. The van der Waals surface area contributed by atoms with Crippen molar-refractivity contribution in [1.29, 1.82) is 0 Å². The van der Waals surface area contributed by atoms with Gasteiger partial charge < -0.3 is 0 Å². The van der Waals surface area contributed by atoms with Crippen LogP contribution in [0.15, 0.2) is 0 Å². The minimum absolute atomic E-state index is 0.967. The zero-order chi connectivity index (χ0) is 13.2. The van der Waals surface area contributed by atoms with Gasteiger partial charge in [-0.1, -0.05) is 0 Å². The monoisotopic (exact) mass is 276 g/mol. The van der Waals surface area contributed by atoms with Crippen molar-refractivity contribution in [1.82, 2.24) is 0 Å². The number of hydrogen-bond acceptors (Lipinski definition) is 3. The first-order valence-electron chi connectivity index (χ1n) is 4.00. The normalized spacial score (nSPS) is 12.8. The van der Waals surface area contributed by atoms with E-state index < -0.39 is 52.6 Å². The summed E-state index contributed by atoms with van der Waals surface area (Å²) >= 11 is -2.33. The molecule has 1 aromatic carbocycles. The Morgan fingerprint density at radius 3 is 1.76 bits per heavy atom. The van der Waals surface area contributed by atoms with E-state index in [4.69, 9.17) is 0 Å². The van der Waals surface area contributed by atoms with Crippen LogP contribution in [-0.2, 0) is 26.3 Å². The summed E-state index contributed by atoms with van der Waals surface area (Å²) in [5.74, 6) is -10.5. The van der Waals surface area contributed by atoms with Crippen LogP contribution in [0.5, 0.6) is 0 Å². The van der Waals surface area contributed by atoms with Crippen molar-refractivity contribution in [2.45, 2.75) is 6.61 Å². The summed E-state index contributed by atoms with van der Waals surface area (Å²) in [5.41, 5.74) is -1.22. The predicted molar refractivity (Wildman–Crippen MR) is 46.2 cm³/mol. The molecule has 9 heteroatoms. The summed E-state index contributed by atoms with van der Waals surface area (Å²) in [6.07, 6.45) is 0. The molecule has 0 saturated carbocycles. The van der Waals surface area contributed by atoms with Gasteiger partial charge in [-0.05, 0) is 0 Å². The highest BCUT2D eigenvalue weighted by Gasteiger charge is 2.26. The quantitative estimate of drug-likeness (QED) is 0.480. The molecule has 1 atom stereocenters. The lowest BCUT2D eigenvalue weighted by atomic mass is 10.2. The highest BCUT2D eigenvalue weighted by molar-refractivity contribution is 7.75. The maximum Gasteiger partial charge on any atom is 0.304 e. The lowest BCUT2D eigenvalue weighted by molar-refractivity contribution is 0.258. The molecule has 0 aliphatic rings. The van der Waals surface area contributed by atoms with Crippen LogP contribution in [0.3, 0.4) is 0 Å². The van der Waals surface area contributed by atoms with Gasteiger partial charge in [-0.3, -0.25) is 8.37 Å². The average Bonchev–Trinajstić information content (AvgIpc) is 2.33. The summed E-state index contributed by atoms with van der Waals surface area (Å²) in [6.45, 7) is -1.08. The Hall–Kier alpha value is -1.06. The van der Waals surface area contributed by atoms with E-state index in [0.29, 0.717) is 0 Å². The van der Waals surface area contributed by atoms with Crippen molar-refractivity contribution >= 4 is 11.4 Å². The molecule has 0 N–H and O–H groups in total. The van der Waals surface area contributed by atoms with Crippen LogP contribution in [0, 0.1) is 29.1 Å². The number of benzene rings is 1. The van der Waals surface area contributed by atoms with Gasteiger partial charge in [0.15, 0.2) is 23.3 Å². The zero-order valence-electron chi connectivity index (χ0n) is 8.23. The van der Waals surface area contributed by atoms with Gasteiger partial charge in [-0.25, -0.2) is 22.0 Å². The van der Waals surface area contributed by atoms with Crippen LogP contribution in [0.25, 0.3) is 0 Å². The Bertz CT molecular complexity index is 436. The van der Waals surface area contributed by atoms with Crippen LogP contribution in [0.2, 0.25) is 0 Å². The van der Waals surface area contributed by atoms with Gasteiger partial charge in [0, 0.05) is 0 Å². The van der Waals surface area contributed by atoms with Crippen molar-refractivity contribution in [2.24, 2.45) is 0 Å². The van der Waals surface area contributed by atoms with E-state index in [2.05, 4.69) is 8.37 Å². The summed E-state index contributed by atoms with van der Waals surface area (Å²) in [7, 11) is 0.967. The Kier molecular flexibility index (Phi) is 4.54. The van der Waals surface area contributed by atoms with E-state index in [0.717, 1.165) is 7.11 Å². The van der Waals surface area contributed by atoms with Gasteiger partial charge in [-0.2, -0.15) is 4.21 Å². The molecule has 0 amide bonds. The minimum Gasteiger partial charge on any atom is -0.272 e. The molecule has 1 rings (SSSR count). The topological polar surface area (TPSA) is 35.5 Å². The van der Waals surface area contributed by atoms with E-state index in [-0.39, 0.29) is 0 Å². The van der Waals surface area contributed by atoms with E-state index in [9.17, 15) is 26.2 Å². The standard InChI is InChI=1S/C8H5F5O3S/c1-15-17(14)16-2-3-4(9)6(11)8(13)7(12)5(3)10/h2H2,1H3. The molecule has 0 saturated heterocycles. The molecular weight excluding hydrogens is 271 g/mol. The maximum absolute atomic E-state index is 13.0. The highest BCUT2D eigenvalue weighted by atomic mass is 32.2. The zero-order valence-corrected chi connectivity index (χ0v) is 9.05. The molecule has 3 nitrogen and oxygen atoms in total. The first kappa shape index (κ1) is 14.0. The summed E-state index contributed by atoms with van der Waals surface area (Å²) in [4.78, 5) is 0. The van der Waals surface area contributed by atoms with Crippen molar-refractivity contribution < 1.29 is 34.5 Å². The van der Waals surface area contributed by atoms with Crippen molar-refractivity contribution in [2.75, 3.05) is 7.11 Å². The van der Waals surface area contributed by atoms with Crippen LogP contribution >= 0.6 is 0 Å². The second-order valence-corrected chi connectivity index (χ2v) is 3.66. The predicted octanol–water partition coefficient (Wildman–Crippen LogP) is 2.12. The third-order valence-electron chi connectivity index (χ3n) is 1.74. The third-order valence-corrected chi connectivity index (χ3v) is 2.32. The molecule has 0 spiro atoms. The first-order chi connectivity index (χ1) is 7.90. The third kappa shape index (κ3) is 2.79. The Morgan fingerprint density at radius 2 is 1.35 bits per heavy atom. The smallest absolute Gasteiger partial charge is 0.272 e. The molecule has 0 fully saturated rings. The fraction of sp³-hybridized carbons (Fsp3) is 0.250. The number of hydrogen-bond donors (Lipinski definition) is 0. The lowest BCUT2D eigenvalue weighted by Crippen LogP contribution is -2.09. The fourth-order valence-electron chi connectivity index (χ4n) is 0.932. The Balaban J connectivity index is 3.12. The van der Waals surface area contributed by atoms with E-state index in [1.165, 1.54) is 0 Å². The fourth-order valence-corrected chi connectivity index (χ4v) is 1.24. The van der Waals surface area contributed by atoms with Gasteiger partial charge in [0.1, 0.15) is 0 Å². The molecule has 17 heavy (non-hydrogen) atoms. The van der Waals surface area contributed by atoms with Crippen molar-refractivity contribution in [3.63, 3.8) is 0 Å². The minimum atomic E-state index is -2.33. The molecule has 0 heterocycles. The molecule has 0 aliphatic carbocycles. The van der Waals surface area contributed by atoms with Gasteiger partial charge in [0.2, 0.25) is 5.82 Å². The molecular formula is C8H5F5O3S. The van der Waals surface area contributed by atoms with E-state index >= 15 is 0 Å². The van der Waals surface area contributed by atoms with E-state index in [1.54, 1.807) is 0 Å². The largest absolute Gasteiger partial charge is 0.304 e. The van der Waals surface area contributed by atoms with Gasteiger partial charge in [0.05, 0.1) is 19.3 Å². The van der Waals surface area contributed by atoms with Crippen LogP contribution in [-0.4, -0.2) is 11.3 Å². The molecule has 0 aromatic heterocycles. The average molecular weight is 276 g/mol. The first-order valence-corrected chi connectivity index (χ1v) is 5.00. The highest BCUT2D eigenvalue weighted by Crippen LogP contribution is 2.23. The number of rotatable bonds is 4. The van der Waals surface area contributed by atoms with Crippen LogP contribution in [0.4, 0.5) is 22.0 Å². The summed E-state index contributed by atoms with van der Waals surface area (Å²) < 4.78 is 82.9. The second-order valence-electron chi connectivity index (χ2n) is 2.68. The van der Waals surface area contributed by atoms with Gasteiger partial charge in [0.25, 0.3) is 0 Å². The van der Waals surface area contributed by atoms with E-state index in [1.807, 2.05) is 0 Å². The Labute approximate surface area is 95.0 Å². The molecule has 1 unspecified atom stereocenters. The van der Waals surface area contributed by atoms with Crippen LogP contribution < -0.4 is 0 Å². The number of halogens is 5. The molecule has 0 aliphatic heterocycles.